The van der Waals surface area contributed by atoms with Crippen LogP contribution in [0.3, 0.4) is 0 Å². The molecule has 0 aliphatic carbocycles. The molecule has 0 aliphatic heterocycles. The maximum absolute atomic E-state index is 5.80. The lowest BCUT2D eigenvalue weighted by molar-refractivity contribution is 0.412. The van der Waals surface area contributed by atoms with Crippen molar-refractivity contribution >= 4 is 27.3 Å². The summed E-state index contributed by atoms with van der Waals surface area (Å²) in [5.41, 5.74) is 8.16. The third-order valence-corrected chi connectivity index (χ3v) is 3.45. The third-order valence-electron chi connectivity index (χ3n) is 2.84. The predicted molar refractivity (Wildman–Crippen MR) is 77.1 cm³/mol. The molecule has 3 aromatic rings. The van der Waals surface area contributed by atoms with Crippen molar-refractivity contribution in [1.82, 2.24) is 14.6 Å². The van der Waals surface area contributed by atoms with Gasteiger partial charge in [-0.2, -0.15) is 0 Å². The summed E-state index contributed by atoms with van der Waals surface area (Å²) in [5, 5.41) is 8.32. The number of aromatic nitrogens is 3. The van der Waals surface area contributed by atoms with E-state index in [-0.39, 0.29) is 0 Å². The monoisotopic (exact) mass is 318 g/mol. The van der Waals surface area contributed by atoms with Crippen LogP contribution < -0.4 is 10.5 Å². The van der Waals surface area contributed by atoms with Gasteiger partial charge in [-0.25, -0.2) is 0 Å². The Morgan fingerprint density at radius 3 is 2.79 bits per heavy atom. The Morgan fingerprint density at radius 2 is 2.05 bits per heavy atom. The average Bonchev–Trinajstić information content (AvgIpc) is 2.81. The van der Waals surface area contributed by atoms with Gasteiger partial charge in [0.05, 0.1) is 11.6 Å². The van der Waals surface area contributed by atoms with Gasteiger partial charge in [0, 0.05) is 17.4 Å². The largest absolute Gasteiger partial charge is 0.496 e. The molecule has 0 radical (unpaired) electrons. The molecule has 1 aromatic carbocycles. The Bertz CT molecular complexity index is 753. The second-order valence-corrected chi connectivity index (χ2v) is 4.92. The minimum Gasteiger partial charge on any atom is -0.496 e. The highest BCUT2D eigenvalue weighted by atomic mass is 79.9. The molecule has 6 heteroatoms. The van der Waals surface area contributed by atoms with Gasteiger partial charge in [-0.3, -0.25) is 4.40 Å². The minimum absolute atomic E-state index is 0.668. The van der Waals surface area contributed by atoms with Gasteiger partial charge >= 0.3 is 0 Å². The maximum Gasteiger partial charge on any atom is 0.168 e. The summed E-state index contributed by atoms with van der Waals surface area (Å²) < 4.78 is 7.95. The number of nitrogens with zero attached hydrogens (tertiary/aromatic N) is 3. The Hall–Kier alpha value is -2.08. The summed E-state index contributed by atoms with van der Waals surface area (Å²) >= 11 is 3.46. The molecule has 0 amide bonds. The SMILES string of the molecule is COc1ccc(-c2nnc3ccc(N)cn23)cc1Br. The molecule has 0 aliphatic rings. The summed E-state index contributed by atoms with van der Waals surface area (Å²) in [6.07, 6.45) is 1.81. The topological polar surface area (TPSA) is 65.4 Å². The quantitative estimate of drug-likeness (QED) is 0.789. The fraction of sp³-hybridized carbons (Fsp3) is 0.0769. The van der Waals surface area contributed by atoms with Crippen LogP contribution in [0.5, 0.6) is 5.75 Å². The van der Waals surface area contributed by atoms with E-state index in [1.807, 2.05) is 34.9 Å². The predicted octanol–water partition coefficient (Wildman–Crippen LogP) is 2.75. The first-order valence-corrected chi connectivity index (χ1v) is 6.42. The van der Waals surface area contributed by atoms with Gasteiger partial charge in [0.15, 0.2) is 11.5 Å². The Morgan fingerprint density at radius 1 is 1.21 bits per heavy atom. The second kappa shape index (κ2) is 4.55. The van der Waals surface area contributed by atoms with E-state index in [1.165, 1.54) is 0 Å². The molecule has 0 spiro atoms. The molecule has 0 atom stereocenters. The molecular weight excluding hydrogens is 308 g/mol. The van der Waals surface area contributed by atoms with Crippen LogP contribution in [-0.4, -0.2) is 21.7 Å². The van der Waals surface area contributed by atoms with Crippen molar-refractivity contribution in [2.75, 3.05) is 12.8 Å². The first kappa shape index (κ1) is 12.0. The number of nitrogens with two attached hydrogens (primary N) is 1. The van der Waals surface area contributed by atoms with Crippen molar-refractivity contribution in [3.63, 3.8) is 0 Å². The first-order chi connectivity index (χ1) is 9.19. The van der Waals surface area contributed by atoms with Gasteiger partial charge in [0.2, 0.25) is 0 Å². The number of nitrogen functional groups attached to an aromatic ring is 1. The molecule has 2 heterocycles. The molecule has 0 bridgehead atoms. The highest BCUT2D eigenvalue weighted by Crippen LogP contribution is 2.30. The van der Waals surface area contributed by atoms with Crippen LogP contribution in [0.4, 0.5) is 5.69 Å². The van der Waals surface area contributed by atoms with E-state index in [0.717, 1.165) is 27.3 Å². The van der Waals surface area contributed by atoms with E-state index in [9.17, 15) is 0 Å². The zero-order chi connectivity index (χ0) is 13.4. The van der Waals surface area contributed by atoms with E-state index in [4.69, 9.17) is 10.5 Å². The summed E-state index contributed by atoms with van der Waals surface area (Å²) in [4.78, 5) is 0. The van der Waals surface area contributed by atoms with Crippen molar-refractivity contribution < 1.29 is 4.74 Å². The third kappa shape index (κ3) is 2.04. The molecular formula is C13H11BrN4O. The molecule has 2 aromatic heterocycles. The van der Waals surface area contributed by atoms with Gasteiger partial charge in [-0.05, 0) is 46.3 Å². The van der Waals surface area contributed by atoms with Crippen LogP contribution in [0.15, 0.2) is 41.0 Å². The maximum atomic E-state index is 5.80. The molecule has 0 saturated heterocycles. The van der Waals surface area contributed by atoms with E-state index in [2.05, 4.69) is 26.1 Å². The minimum atomic E-state index is 0.668. The summed E-state index contributed by atoms with van der Waals surface area (Å²) in [6, 6.07) is 9.40. The lowest BCUT2D eigenvalue weighted by atomic mass is 10.2. The highest BCUT2D eigenvalue weighted by molar-refractivity contribution is 9.10. The van der Waals surface area contributed by atoms with Gasteiger partial charge in [-0.1, -0.05) is 0 Å². The molecule has 3 rings (SSSR count). The smallest absolute Gasteiger partial charge is 0.168 e. The van der Waals surface area contributed by atoms with Crippen LogP contribution in [0.1, 0.15) is 0 Å². The van der Waals surface area contributed by atoms with Crippen molar-refractivity contribution in [2.24, 2.45) is 0 Å². The molecule has 0 unspecified atom stereocenters. The zero-order valence-corrected chi connectivity index (χ0v) is 11.8. The lowest BCUT2D eigenvalue weighted by Crippen LogP contribution is -1.93. The number of hydrogen-bond donors (Lipinski definition) is 1. The van der Waals surface area contributed by atoms with Crippen molar-refractivity contribution in [2.45, 2.75) is 0 Å². The van der Waals surface area contributed by atoms with Crippen molar-refractivity contribution in [1.29, 1.82) is 0 Å². The molecule has 0 fully saturated rings. The number of anilines is 1. The zero-order valence-electron chi connectivity index (χ0n) is 10.2. The lowest BCUT2D eigenvalue weighted by Gasteiger charge is -2.05. The van der Waals surface area contributed by atoms with Crippen LogP contribution >= 0.6 is 15.9 Å². The summed E-state index contributed by atoms with van der Waals surface area (Å²) in [6.45, 7) is 0. The summed E-state index contributed by atoms with van der Waals surface area (Å²) in [7, 11) is 1.63. The fourth-order valence-corrected chi connectivity index (χ4v) is 2.45. The van der Waals surface area contributed by atoms with Gasteiger partial charge < -0.3 is 10.5 Å². The second-order valence-electron chi connectivity index (χ2n) is 4.06. The summed E-state index contributed by atoms with van der Waals surface area (Å²) in [5.74, 6) is 1.52. The van der Waals surface area contributed by atoms with E-state index >= 15 is 0 Å². The standard InChI is InChI=1S/C13H11BrN4O/c1-19-11-4-2-8(6-10(11)14)13-17-16-12-5-3-9(15)7-18(12)13/h2-7H,15H2,1H3. The van der Waals surface area contributed by atoms with Gasteiger partial charge in [-0.15, -0.1) is 10.2 Å². The van der Waals surface area contributed by atoms with Crippen LogP contribution in [-0.2, 0) is 0 Å². The molecule has 96 valence electrons. The number of ether oxygens (including phenoxy) is 1. The number of fused-ring (bicyclic) bond motifs is 1. The first-order valence-electron chi connectivity index (χ1n) is 5.63. The Labute approximate surface area is 118 Å². The number of methoxy groups -OCH3 is 1. The fourth-order valence-electron chi connectivity index (χ4n) is 1.91. The highest BCUT2D eigenvalue weighted by Gasteiger charge is 2.10. The Balaban J connectivity index is 2.18. The van der Waals surface area contributed by atoms with E-state index < -0.39 is 0 Å². The molecule has 2 N–H and O–H groups in total. The van der Waals surface area contributed by atoms with Crippen molar-refractivity contribution in [3.05, 3.63) is 41.0 Å². The van der Waals surface area contributed by atoms with Gasteiger partial charge in [0.1, 0.15) is 5.75 Å². The molecule has 0 saturated carbocycles. The Kier molecular flexibility index (Phi) is 2.87. The van der Waals surface area contributed by atoms with Crippen LogP contribution in [0.25, 0.3) is 17.0 Å². The normalized spacial score (nSPS) is 10.8. The van der Waals surface area contributed by atoms with E-state index in [1.54, 1.807) is 13.2 Å². The number of rotatable bonds is 2. The molecule has 5 nitrogen and oxygen atoms in total. The number of hydrogen-bond acceptors (Lipinski definition) is 4. The van der Waals surface area contributed by atoms with Gasteiger partial charge in [0.25, 0.3) is 0 Å². The van der Waals surface area contributed by atoms with Crippen LogP contribution in [0.2, 0.25) is 0 Å². The molecule has 19 heavy (non-hydrogen) atoms. The number of pyridine rings is 1. The number of halogens is 1. The average molecular weight is 319 g/mol. The van der Waals surface area contributed by atoms with Crippen LogP contribution in [0, 0.1) is 0 Å². The van der Waals surface area contributed by atoms with Crippen molar-refractivity contribution in [3.8, 4) is 17.1 Å². The van der Waals surface area contributed by atoms with E-state index in [0.29, 0.717) is 5.69 Å². The number of benzene rings is 1.